The Balaban J connectivity index is 1.64. The average molecular weight is 546 g/mol. The first-order valence-electron chi connectivity index (χ1n) is 12.9. The summed E-state index contributed by atoms with van der Waals surface area (Å²) < 4.78 is 0. The molecule has 6 rings (SSSR count). The van der Waals surface area contributed by atoms with Crippen molar-refractivity contribution in [2.75, 3.05) is 0 Å². The van der Waals surface area contributed by atoms with Gasteiger partial charge in [-0.15, -0.1) is 0 Å². The third-order valence-corrected chi connectivity index (χ3v) is 7.88. The standard InChI is InChI=1S/C36H26Cl2O/c37-30-20-16-28(17-21-30)36(29-18-22-31(38)23-19-29)24-32(36)34(35(39)27-14-8-3-9-15-27)33(25-10-4-1-5-11-25)26-12-6-2-7-13-26/h1-24,35,39H. The Morgan fingerprint density at radius 3 is 1.38 bits per heavy atom. The van der Waals surface area contributed by atoms with Crippen LogP contribution < -0.4 is 0 Å². The number of rotatable bonds is 7. The summed E-state index contributed by atoms with van der Waals surface area (Å²) in [7, 11) is 0. The Hall–Kier alpha value is -3.88. The number of allylic oxidation sites excluding steroid dienone is 1. The van der Waals surface area contributed by atoms with Gasteiger partial charge in [-0.25, -0.2) is 0 Å². The zero-order valence-corrected chi connectivity index (χ0v) is 22.6. The maximum absolute atomic E-state index is 12.2. The molecule has 190 valence electrons. The van der Waals surface area contributed by atoms with Crippen LogP contribution in [0, 0.1) is 0 Å². The molecular weight excluding hydrogens is 519 g/mol. The highest BCUT2D eigenvalue weighted by molar-refractivity contribution is 6.30. The van der Waals surface area contributed by atoms with Gasteiger partial charge in [0.1, 0.15) is 6.10 Å². The second kappa shape index (κ2) is 10.7. The first-order valence-corrected chi connectivity index (χ1v) is 13.7. The molecule has 0 spiro atoms. The van der Waals surface area contributed by atoms with Gasteiger partial charge in [-0.05, 0) is 68.8 Å². The van der Waals surface area contributed by atoms with E-state index in [1.807, 2.05) is 91.0 Å². The van der Waals surface area contributed by atoms with Crippen LogP contribution in [0.2, 0.25) is 10.0 Å². The van der Waals surface area contributed by atoms with Crippen molar-refractivity contribution >= 4 is 28.8 Å². The molecule has 0 bridgehead atoms. The predicted octanol–water partition coefficient (Wildman–Crippen LogP) is 9.46. The lowest BCUT2D eigenvalue weighted by Gasteiger charge is -2.26. The fraction of sp³-hybridized carbons (Fsp3) is 0.0556. The lowest BCUT2D eigenvalue weighted by molar-refractivity contribution is 0.218. The molecule has 1 N–H and O–H groups in total. The third kappa shape index (κ3) is 4.86. The quantitative estimate of drug-likeness (QED) is 0.216. The van der Waals surface area contributed by atoms with E-state index in [-0.39, 0.29) is 0 Å². The normalized spacial score (nSPS) is 14.3. The molecule has 0 aliphatic heterocycles. The minimum atomic E-state index is -0.852. The molecule has 0 amide bonds. The summed E-state index contributed by atoms with van der Waals surface area (Å²) in [5.41, 5.74) is 7.51. The number of benzene rings is 5. The molecule has 39 heavy (non-hydrogen) atoms. The van der Waals surface area contributed by atoms with Gasteiger partial charge in [0.15, 0.2) is 0 Å². The van der Waals surface area contributed by atoms with Crippen LogP contribution >= 0.6 is 23.2 Å². The van der Waals surface area contributed by atoms with Crippen LogP contribution in [-0.2, 0) is 5.41 Å². The van der Waals surface area contributed by atoms with E-state index in [1.165, 1.54) is 0 Å². The summed E-state index contributed by atoms with van der Waals surface area (Å²) in [6.45, 7) is 0. The van der Waals surface area contributed by atoms with Crippen LogP contribution in [-0.4, -0.2) is 5.11 Å². The number of aliphatic hydroxyl groups excluding tert-OH is 1. The zero-order valence-electron chi connectivity index (χ0n) is 21.1. The Morgan fingerprint density at radius 2 is 0.949 bits per heavy atom. The fourth-order valence-electron chi connectivity index (χ4n) is 5.45. The topological polar surface area (TPSA) is 20.2 Å². The molecule has 5 aromatic carbocycles. The van der Waals surface area contributed by atoms with Gasteiger partial charge in [0.2, 0.25) is 0 Å². The maximum atomic E-state index is 12.2. The largest absolute Gasteiger partial charge is 0.384 e. The van der Waals surface area contributed by atoms with Crippen molar-refractivity contribution in [1.82, 2.24) is 0 Å². The highest BCUT2D eigenvalue weighted by atomic mass is 35.5. The van der Waals surface area contributed by atoms with Crippen molar-refractivity contribution < 1.29 is 5.11 Å². The van der Waals surface area contributed by atoms with Gasteiger partial charge in [0, 0.05) is 10.0 Å². The van der Waals surface area contributed by atoms with E-state index < -0.39 is 11.5 Å². The number of aliphatic hydroxyl groups is 1. The molecule has 1 atom stereocenters. The van der Waals surface area contributed by atoms with Gasteiger partial charge < -0.3 is 5.11 Å². The van der Waals surface area contributed by atoms with Crippen LogP contribution in [0.15, 0.2) is 157 Å². The van der Waals surface area contributed by atoms with Crippen molar-refractivity contribution in [3.05, 3.63) is 195 Å². The second-order valence-corrected chi connectivity index (χ2v) is 10.6. The number of halogens is 2. The molecular formula is C36H26Cl2O. The Labute approximate surface area is 239 Å². The van der Waals surface area contributed by atoms with Crippen molar-refractivity contribution in [2.45, 2.75) is 11.5 Å². The van der Waals surface area contributed by atoms with E-state index in [1.54, 1.807) is 0 Å². The van der Waals surface area contributed by atoms with Gasteiger partial charge in [0.25, 0.3) is 0 Å². The molecule has 1 aliphatic carbocycles. The van der Waals surface area contributed by atoms with E-state index in [4.69, 9.17) is 23.2 Å². The Morgan fingerprint density at radius 1 is 0.538 bits per heavy atom. The van der Waals surface area contributed by atoms with Gasteiger partial charge >= 0.3 is 0 Å². The highest BCUT2D eigenvalue weighted by Crippen LogP contribution is 2.59. The summed E-state index contributed by atoms with van der Waals surface area (Å²) in [6, 6.07) is 46.4. The summed E-state index contributed by atoms with van der Waals surface area (Å²) >= 11 is 12.6. The highest BCUT2D eigenvalue weighted by Gasteiger charge is 2.50. The molecule has 5 aromatic rings. The van der Waals surface area contributed by atoms with Crippen LogP contribution in [0.3, 0.4) is 0 Å². The van der Waals surface area contributed by atoms with Crippen LogP contribution in [0.4, 0.5) is 0 Å². The Bertz CT molecular complexity index is 1550. The fourth-order valence-corrected chi connectivity index (χ4v) is 5.70. The molecule has 0 heterocycles. The first kappa shape index (κ1) is 25.4. The summed E-state index contributed by atoms with van der Waals surface area (Å²) in [5.74, 6) is 0. The molecule has 1 unspecified atom stereocenters. The lowest BCUT2D eigenvalue weighted by atomic mass is 9.77. The second-order valence-electron chi connectivity index (χ2n) is 9.71. The average Bonchev–Trinajstić information content (AvgIpc) is 3.73. The first-order chi connectivity index (χ1) is 19.1. The summed E-state index contributed by atoms with van der Waals surface area (Å²) in [5, 5.41) is 13.5. The van der Waals surface area contributed by atoms with Crippen LogP contribution in [0.5, 0.6) is 0 Å². The smallest absolute Gasteiger partial charge is 0.105 e. The molecule has 0 radical (unpaired) electrons. The molecule has 0 fully saturated rings. The zero-order chi connectivity index (χ0) is 26.8. The van der Waals surface area contributed by atoms with Gasteiger partial charge in [-0.1, -0.05) is 145 Å². The molecule has 1 nitrogen and oxygen atoms in total. The van der Waals surface area contributed by atoms with Crippen molar-refractivity contribution in [3.8, 4) is 0 Å². The van der Waals surface area contributed by atoms with Crippen molar-refractivity contribution in [3.63, 3.8) is 0 Å². The maximum Gasteiger partial charge on any atom is 0.105 e. The molecule has 0 saturated heterocycles. The van der Waals surface area contributed by atoms with E-state index >= 15 is 0 Å². The Kier molecular flexibility index (Phi) is 6.97. The van der Waals surface area contributed by atoms with Gasteiger partial charge in [-0.2, -0.15) is 0 Å². The van der Waals surface area contributed by atoms with E-state index in [0.717, 1.165) is 44.5 Å². The third-order valence-electron chi connectivity index (χ3n) is 7.37. The van der Waals surface area contributed by atoms with Crippen LogP contribution in [0.1, 0.15) is 33.9 Å². The summed E-state index contributed by atoms with van der Waals surface area (Å²) in [6.07, 6.45) is 1.40. The molecule has 1 aliphatic rings. The van der Waals surface area contributed by atoms with Crippen LogP contribution in [0.25, 0.3) is 5.57 Å². The number of hydrogen-bond acceptors (Lipinski definition) is 1. The molecule has 0 aromatic heterocycles. The van der Waals surface area contributed by atoms with E-state index in [9.17, 15) is 5.11 Å². The van der Waals surface area contributed by atoms with Crippen molar-refractivity contribution in [2.24, 2.45) is 0 Å². The van der Waals surface area contributed by atoms with Gasteiger partial charge in [0.05, 0.1) is 5.41 Å². The molecule has 3 heteroatoms. The summed E-state index contributed by atoms with van der Waals surface area (Å²) in [4.78, 5) is 0. The van der Waals surface area contributed by atoms with Gasteiger partial charge in [-0.3, -0.25) is 0 Å². The number of hydrogen-bond donors (Lipinski definition) is 1. The minimum absolute atomic E-state index is 0.533. The molecule has 0 saturated carbocycles. The van der Waals surface area contributed by atoms with Crippen molar-refractivity contribution in [1.29, 1.82) is 0 Å². The van der Waals surface area contributed by atoms with E-state index in [2.05, 4.69) is 54.6 Å². The SMILES string of the molecule is OC(C(C1=CC1(c1ccc(Cl)cc1)c1ccc(Cl)cc1)=C(c1ccccc1)c1ccccc1)c1ccccc1. The monoisotopic (exact) mass is 544 g/mol. The predicted molar refractivity (Wildman–Crippen MR) is 162 cm³/mol. The lowest BCUT2D eigenvalue weighted by Crippen LogP contribution is -2.17. The van der Waals surface area contributed by atoms with E-state index in [0.29, 0.717) is 10.0 Å². The minimum Gasteiger partial charge on any atom is -0.384 e.